The molecule has 0 heterocycles. The van der Waals surface area contributed by atoms with Crippen molar-refractivity contribution < 1.29 is 22.7 Å². The third-order valence-electron chi connectivity index (χ3n) is 2.87. The first kappa shape index (κ1) is 15.6. The zero-order valence-electron chi connectivity index (χ0n) is 11.2. The van der Waals surface area contributed by atoms with Crippen LogP contribution in [-0.2, 0) is 17.4 Å². The third kappa shape index (κ3) is 3.64. The van der Waals surface area contributed by atoms with Gasteiger partial charge >= 0.3 is 6.18 Å². The van der Waals surface area contributed by atoms with Crippen LogP contribution >= 0.6 is 0 Å². The maximum Gasteiger partial charge on any atom is 0.416 e. The lowest BCUT2D eigenvalue weighted by Crippen LogP contribution is -2.04. The molecule has 0 aromatic heterocycles. The minimum Gasteiger partial charge on any atom is -0.456 e. The fourth-order valence-corrected chi connectivity index (χ4v) is 1.84. The van der Waals surface area contributed by atoms with E-state index in [0.29, 0.717) is 11.8 Å². The van der Waals surface area contributed by atoms with Crippen LogP contribution in [-0.4, -0.2) is 6.29 Å². The number of hydrogen-bond donors (Lipinski definition) is 0. The van der Waals surface area contributed by atoms with Crippen LogP contribution in [0.5, 0.6) is 11.5 Å². The molecule has 2 rings (SSSR count). The second-order valence-corrected chi connectivity index (χ2v) is 4.44. The van der Waals surface area contributed by atoms with Gasteiger partial charge in [0.05, 0.1) is 11.1 Å². The number of carbonyl (C=O) groups is 1. The summed E-state index contributed by atoms with van der Waals surface area (Å²) in [5.41, 5.74) is -0.0548. The van der Waals surface area contributed by atoms with E-state index >= 15 is 0 Å². The van der Waals surface area contributed by atoms with Gasteiger partial charge in [-0.2, -0.15) is 18.4 Å². The van der Waals surface area contributed by atoms with E-state index in [1.165, 1.54) is 24.3 Å². The molecule has 112 valence electrons. The maximum atomic E-state index is 12.6. The molecule has 0 aliphatic rings. The average Bonchev–Trinajstić information content (AvgIpc) is 2.48. The predicted octanol–water partition coefficient (Wildman–Crippen LogP) is 4.11. The van der Waals surface area contributed by atoms with Crippen molar-refractivity contribution in [3.63, 3.8) is 0 Å². The monoisotopic (exact) mass is 305 g/mol. The van der Waals surface area contributed by atoms with Crippen molar-refractivity contribution in [1.82, 2.24) is 0 Å². The van der Waals surface area contributed by atoms with Crippen LogP contribution in [0.15, 0.2) is 42.5 Å². The molecule has 0 bridgehead atoms. The minimum absolute atomic E-state index is 0.0190. The average molecular weight is 305 g/mol. The molecule has 0 radical (unpaired) electrons. The molecule has 2 aromatic carbocycles. The SMILES string of the molecule is N#Cc1cc(CC=O)ccc1Oc1cccc(C(F)(F)F)c1. The van der Waals surface area contributed by atoms with Gasteiger partial charge in [0.15, 0.2) is 0 Å². The Kier molecular flexibility index (Phi) is 4.47. The molecule has 0 fully saturated rings. The summed E-state index contributed by atoms with van der Waals surface area (Å²) in [6.45, 7) is 0. The summed E-state index contributed by atoms with van der Waals surface area (Å²) in [5, 5.41) is 9.07. The van der Waals surface area contributed by atoms with Gasteiger partial charge in [0.2, 0.25) is 0 Å². The first-order valence-electron chi connectivity index (χ1n) is 6.26. The number of nitriles is 1. The number of nitrogens with zero attached hydrogens (tertiary/aromatic N) is 1. The van der Waals surface area contributed by atoms with E-state index in [1.807, 2.05) is 6.07 Å². The van der Waals surface area contributed by atoms with Gasteiger partial charge in [-0.1, -0.05) is 12.1 Å². The second kappa shape index (κ2) is 6.31. The minimum atomic E-state index is -4.47. The van der Waals surface area contributed by atoms with Crippen LogP contribution in [0.25, 0.3) is 0 Å². The first-order chi connectivity index (χ1) is 10.4. The summed E-state index contributed by atoms with van der Waals surface area (Å²) in [5.74, 6) is 0.117. The fraction of sp³-hybridized carbons (Fsp3) is 0.125. The molecular weight excluding hydrogens is 295 g/mol. The molecule has 0 aliphatic heterocycles. The molecule has 6 heteroatoms. The normalized spacial score (nSPS) is 10.8. The number of rotatable bonds is 4. The summed E-state index contributed by atoms with van der Waals surface area (Å²) in [6, 6.07) is 10.8. The molecule has 0 spiro atoms. The number of hydrogen-bond acceptors (Lipinski definition) is 3. The summed E-state index contributed by atoms with van der Waals surface area (Å²) in [4.78, 5) is 10.5. The van der Waals surface area contributed by atoms with E-state index in [9.17, 15) is 18.0 Å². The zero-order valence-corrected chi connectivity index (χ0v) is 11.2. The molecule has 0 saturated heterocycles. The quantitative estimate of drug-likeness (QED) is 0.799. The molecule has 0 amide bonds. The van der Waals surface area contributed by atoms with Gasteiger partial charge in [0.25, 0.3) is 0 Å². The van der Waals surface area contributed by atoms with Gasteiger partial charge < -0.3 is 9.53 Å². The second-order valence-electron chi connectivity index (χ2n) is 4.44. The van der Waals surface area contributed by atoms with Crippen LogP contribution in [0.1, 0.15) is 16.7 Å². The number of aldehydes is 1. The van der Waals surface area contributed by atoms with Crippen LogP contribution in [0.3, 0.4) is 0 Å². The molecule has 22 heavy (non-hydrogen) atoms. The molecule has 3 nitrogen and oxygen atoms in total. The predicted molar refractivity (Wildman–Crippen MR) is 72.4 cm³/mol. The van der Waals surface area contributed by atoms with Crippen molar-refractivity contribution in [3.8, 4) is 17.6 Å². The number of halogens is 3. The highest BCUT2D eigenvalue weighted by molar-refractivity contribution is 5.57. The summed E-state index contributed by atoms with van der Waals surface area (Å²) < 4.78 is 43.3. The van der Waals surface area contributed by atoms with E-state index in [-0.39, 0.29) is 23.5 Å². The highest BCUT2D eigenvalue weighted by Gasteiger charge is 2.30. The molecule has 0 saturated carbocycles. The van der Waals surface area contributed by atoms with Crippen molar-refractivity contribution in [1.29, 1.82) is 5.26 Å². The molecule has 0 atom stereocenters. The summed E-state index contributed by atoms with van der Waals surface area (Å²) >= 11 is 0. The van der Waals surface area contributed by atoms with Gasteiger partial charge in [-0.05, 0) is 35.9 Å². The molecule has 0 aliphatic carbocycles. The van der Waals surface area contributed by atoms with Crippen molar-refractivity contribution in [2.75, 3.05) is 0 Å². The van der Waals surface area contributed by atoms with E-state index < -0.39 is 11.7 Å². The van der Waals surface area contributed by atoms with Crippen molar-refractivity contribution in [2.45, 2.75) is 12.6 Å². The number of carbonyl (C=O) groups excluding carboxylic acids is 1. The standard InChI is InChI=1S/C16H10F3NO2/c17-16(18,19)13-2-1-3-14(9-13)22-15-5-4-11(6-7-21)8-12(15)10-20/h1-5,7-9H,6H2. The number of ether oxygens (including phenoxy) is 1. The van der Waals surface area contributed by atoms with Crippen molar-refractivity contribution >= 4 is 6.29 Å². The Hall–Kier alpha value is -2.81. The Labute approximate surface area is 124 Å². The largest absolute Gasteiger partial charge is 0.456 e. The lowest BCUT2D eigenvalue weighted by molar-refractivity contribution is -0.137. The zero-order chi connectivity index (χ0) is 16.2. The lowest BCUT2D eigenvalue weighted by Gasteiger charge is -2.11. The van der Waals surface area contributed by atoms with Gasteiger partial charge in [0, 0.05) is 6.42 Å². The smallest absolute Gasteiger partial charge is 0.416 e. The molecule has 0 unspecified atom stereocenters. The van der Waals surface area contributed by atoms with Gasteiger partial charge in [-0.3, -0.25) is 0 Å². The van der Waals surface area contributed by atoms with Crippen molar-refractivity contribution in [3.05, 3.63) is 59.2 Å². The van der Waals surface area contributed by atoms with Gasteiger partial charge in [-0.15, -0.1) is 0 Å². The topological polar surface area (TPSA) is 50.1 Å². The third-order valence-corrected chi connectivity index (χ3v) is 2.87. The van der Waals surface area contributed by atoms with E-state index in [4.69, 9.17) is 10.00 Å². The highest BCUT2D eigenvalue weighted by atomic mass is 19.4. The Bertz CT molecular complexity index is 733. The summed E-state index contributed by atoms with van der Waals surface area (Å²) in [7, 11) is 0. The lowest BCUT2D eigenvalue weighted by atomic mass is 10.1. The maximum absolute atomic E-state index is 12.6. The van der Waals surface area contributed by atoms with Crippen LogP contribution in [0.4, 0.5) is 13.2 Å². The van der Waals surface area contributed by atoms with E-state index in [2.05, 4.69) is 0 Å². The molecule has 0 N–H and O–H groups in total. The molecular formula is C16H10F3NO2. The van der Waals surface area contributed by atoms with Gasteiger partial charge in [-0.25, -0.2) is 0 Å². The number of benzene rings is 2. The van der Waals surface area contributed by atoms with Crippen molar-refractivity contribution in [2.24, 2.45) is 0 Å². The first-order valence-corrected chi connectivity index (χ1v) is 6.26. The van der Waals surface area contributed by atoms with Crippen LogP contribution in [0.2, 0.25) is 0 Å². The Morgan fingerprint density at radius 3 is 2.59 bits per heavy atom. The van der Waals surface area contributed by atoms with E-state index in [1.54, 1.807) is 6.07 Å². The molecule has 2 aromatic rings. The Morgan fingerprint density at radius 1 is 1.18 bits per heavy atom. The van der Waals surface area contributed by atoms with Crippen LogP contribution in [0, 0.1) is 11.3 Å². The Balaban J connectivity index is 2.31. The fourth-order valence-electron chi connectivity index (χ4n) is 1.84. The number of alkyl halides is 3. The van der Waals surface area contributed by atoms with E-state index in [0.717, 1.165) is 12.1 Å². The summed E-state index contributed by atoms with van der Waals surface area (Å²) in [6.07, 6.45) is -3.62. The Morgan fingerprint density at radius 2 is 1.95 bits per heavy atom. The van der Waals surface area contributed by atoms with Crippen LogP contribution < -0.4 is 4.74 Å². The highest BCUT2D eigenvalue weighted by Crippen LogP contribution is 2.33. The van der Waals surface area contributed by atoms with Gasteiger partial charge in [0.1, 0.15) is 23.9 Å².